The summed E-state index contributed by atoms with van der Waals surface area (Å²) in [4.78, 5) is 38.7. The lowest BCUT2D eigenvalue weighted by molar-refractivity contribution is -0.154. The minimum absolute atomic E-state index is 0.0396. The van der Waals surface area contributed by atoms with Crippen LogP contribution < -0.4 is 5.32 Å². The van der Waals surface area contributed by atoms with Gasteiger partial charge < -0.3 is 15.0 Å². The van der Waals surface area contributed by atoms with Gasteiger partial charge in [-0.15, -0.1) is 0 Å². The van der Waals surface area contributed by atoms with Crippen molar-refractivity contribution in [1.82, 2.24) is 4.90 Å². The van der Waals surface area contributed by atoms with Crippen molar-refractivity contribution in [3.8, 4) is 0 Å². The molecule has 6 heteroatoms. The van der Waals surface area contributed by atoms with Crippen LogP contribution in [-0.2, 0) is 19.1 Å². The smallest absolute Gasteiger partial charge is 0.309 e. The van der Waals surface area contributed by atoms with Crippen molar-refractivity contribution in [3.63, 3.8) is 0 Å². The fourth-order valence-corrected chi connectivity index (χ4v) is 3.56. The first-order valence-corrected chi connectivity index (χ1v) is 9.90. The molecule has 0 aromatic heterocycles. The van der Waals surface area contributed by atoms with Gasteiger partial charge in [0.05, 0.1) is 12.5 Å². The maximum atomic E-state index is 12.6. The number of esters is 1. The highest BCUT2D eigenvalue weighted by Crippen LogP contribution is 2.33. The first-order chi connectivity index (χ1) is 14.3. The molecule has 156 valence electrons. The highest BCUT2D eigenvalue weighted by atomic mass is 16.5. The Bertz CT molecular complexity index is 1010. The molecule has 0 spiro atoms. The summed E-state index contributed by atoms with van der Waals surface area (Å²) in [5, 5.41) is 2.80. The average molecular weight is 406 g/mol. The zero-order valence-corrected chi connectivity index (χ0v) is 17.6. The van der Waals surface area contributed by atoms with E-state index in [4.69, 9.17) is 4.74 Å². The van der Waals surface area contributed by atoms with Gasteiger partial charge in [-0.1, -0.05) is 42.0 Å². The number of anilines is 1. The summed E-state index contributed by atoms with van der Waals surface area (Å²) in [6, 6.07) is 12.8. The summed E-state index contributed by atoms with van der Waals surface area (Å²) in [6.07, 6.45) is 2.53. The normalized spacial score (nSPS) is 15.9. The number of carbonyl (C=O) groups is 3. The van der Waals surface area contributed by atoms with E-state index in [1.807, 2.05) is 62.4 Å². The SMILES string of the molecule is CC(=O)N1C=Cc2ccccc2[C@H]1CC(=O)O[C@@H](C)C(=O)Nc1ccc(C)cc1C. The van der Waals surface area contributed by atoms with Crippen molar-refractivity contribution in [2.75, 3.05) is 5.32 Å². The number of carbonyl (C=O) groups excluding carboxylic acids is 3. The van der Waals surface area contributed by atoms with Crippen molar-refractivity contribution >= 4 is 29.5 Å². The Morgan fingerprint density at radius 2 is 1.87 bits per heavy atom. The predicted molar refractivity (Wildman–Crippen MR) is 115 cm³/mol. The number of hydrogen-bond acceptors (Lipinski definition) is 4. The fourth-order valence-electron chi connectivity index (χ4n) is 3.56. The van der Waals surface area contributed by atoms with Crippen molar-refractivity contribution < 1.29 is 19.1 Å². The first-order valence-electron chi connectivity index (χ1n) is 9.90. The lowest BCUT2D eigenvalue weighted by Gasteiger charge is -2.32. The zero-order valence-electron chi connectivity index (χ0n) is 17.6. The number of ether oxygens (including phenoxy) is 1. The molecule has 0 bridgehead atoms. The van der Waals surface area contributed by atoms with Crippen LogP contribution in [0.1, 0.15) is 48.6 Å². The number of hydrogen-bond donors (Lipinski definition) is 1. The van der Waals surface area contributed by atoms with E-state index in [9.17, 15) is 14.4 Å². The summed E-state index contributed by atoms with van der Waals surface area (Å²) >= 11 is 0. The molecule has 6 nitrogen and oxygen atoms in total. The molecule has 2 aromatic carbocycles. The summed E-state index contributed by atoms with van der Waals surface area (Å²) in [5.41, 5.74) is 4.54. The summed E-state index contributed by atoms with van der Waals surface area (Å²) < 4.78 is 5.38. The van der Waals surface area contributed by atoms with Crippen LogP contribution in [0.3, 0.4) is 0 Å². The number of rotatable bonds is 5. The summed E-state index contributed by atoms with van der Waals surface area (Å²) in [6.45, 7) is 6.88. The van der Waals surface area contributed by atoms with E-state index in [1.54, 1.807) is 6.20 Å². The van der Waals surface area contributed by atoms with Gasteiger partial charge in [0.15, 0.2) is 6.10 Å². The average Bonchev–Trinajstić information content (AvgIpc) is 2.69. The van der Waals surface area contributed by atoms with E-state index in [0.29, 0.717) is 5.69 Å². The highest BCUT2D eigenvalue weighted by molar-refractivity contribution is 5.95. The third-order valence-corrected chi connectivity index (χ3v) is 5.15. The Balaban J connectivity index is 1.67. The Kier molecular flexibility index (Phi) is 6.35. The van der Waals surface area contributed by atoms with Crippen LogP contribution in [0.15, 0.2) is 48.7 Å². The number of amides is 2. The van der Waals surface area contributed by atoms with Crippen molar-refractivity contribution in [2.24, 2.45) is 0 Å². The molecule has 0 aliphatic carbocycles. The van der Waals surface area contributed by atoms with Gasteiger partial charge in [-0.25, -0.2) is 0 Å². The first kappa shape index (κ1) is 21.3. The molecule has 0 saturated heterocycles. The molecule has 2 atom stereocenters. The monoisotopic (exact) mass is 406 g/mol. The topological polar surface area (TPSA) is 75.7 Å². The lowest BCUT2D eigenvalue weighted by atomic mass is 9.94. The minimum Gasteiger partial charge on any atom is -0.452 e. The molecule has 2 aromatic rings. The molecular weight excluding hydrogens is 380 g/mol. The maximum absolute atomic E-state index is 12.6. The maximum Gasteiger partial charge on any atom is 0.309 e. The molecule has 3 rings (SSSR count). The Hall–Kier alpha value is -3.41. The molecule has 1 aliphatic heterocycles. The second kappa shape index (κ2) is 8.95. The third-order valence-electron chi connectivity index (χ3n) is 5.15. The van der Waals surface area contributed by atoms with Gasteiger partial charge >= 0.3 is 5.97 Å². The van der Waals surface area contributed by atoms with Crippen LogP contribution in [-0.4, -0.2) is 28.8 Å². The Morgan fingerprint density at radius 1 is 1.13 bits per heavy atom. The van der Waals surface area contributed by atoms with E-state index in [-0.39, 0.29) is 12.3 Å². The number of nitrogens with one attached hydrogen (secondary N) is 1. The fraction of sp³-hybridized carbons (Fsp3) is 0.292. The second-order valence-corrected chi connectivity index (χ2v) is 7.53. The molecule has 1 N–H and O–H groups in total. The van der Waals surface area contributed by atoms with Crippen LogP contribution in [0.4, 0.5) is 5.69 Å². The molecular formula is C24H26N2O4. The van der Waals surface area contributed by atoms with E-state index in [0.717, 1.165) is 22.3 Å². The van der Waals surface area contributed by atoms with Crippen LogP contribution in [0.5, 0.6) is 0 Å². The predicted octanol–water partition coefficient (Wildman–Crippen LogP) is 4.14. The molecule has 1 aliphatic rings. The largest absolute Gasteiger partial charge is 0.452 e. The van der Waals surface area contributed by atoms with Crippen molar-refractivity contribution in [2.45, 2.75) is 46.3 Å². The zero-order chi connectivity index (χ0) is 21.8. The van der Waals surface area contributed by atoms with Crippen LogP contribution >= 0.6 is 0 Å². The van der Waals surface area contributed by atoms with Gasteiger partial charge in [-0.3, -0.25) is 14.4 Å². The number of fused-ring (bicyclic) bond motifs is 1. The number of aryl methyl sites for hydroxylation is 2. The Morgan fingerprint density at radius 3 is 2.57 bits per heavy atom. The van der Waals surface area contributed by atoms with Crippen LogP contribution in [0.2, 0.25) is 0 Å². The van der Waals surface area contributed by atoms with Crippen LogP contribution in [0.25, 0.3) is 6.08 Å². The van der Waals surface area contributed by atoms with E-state index in [1.165, 1.54) is 18.7 Å². The highest BCUT2D eigenvalue weighted by Gasteiger charge is 2.30. The van der Waals surface area contributed by atoms with Crippen molar-refractivity contribution in [3.05, 3.63) is 70.9 Å². The standard InChI is InChI=1S/C24H26N2O4/c1-15-9-10-21(16(2)13-15)25-24(29)17(3)30-23(28)14-22-20-8-6-5-7-19(20)11-12-26(22)18(4)27/h5-13,17,22H,14H2,1-4H3,(H,25,29)/t17-,22+/m0/s1. The molecule has 1 heterocycles. The van der Waals surface area contributed by atoms with Gasteiger partial charge in [0, 0.05) is 18.8 Å². The Labute approximate surface area is 176 Å². The molecule has 2 amide bonds. The van der Waals surface area contributed by atoms with Gasteiger partial charge in [0.25, 0.3) is 5.91 Å². The quantitative estimate of drug-likeness (QED) is 0.758. The van der Waals surface area contributed by atoms with Gasteiger partial charge in [0.2, 0.25) is 5.91 Å². The molecule has 0 saturated carbocycles. The molecule has 0 fully saturated rings. The van der Waals surface area contributed by atoms with Gasteiger partial charge in [-0.05, 0) is 49.6 Å². The minimum atomic E-state index is -0.960. The second-order valence-electron chi connectivity index (χ2n) is 7.53. The van der Waals surface area contributed by atoms with Gasteiger partial charge in [-0.2, -0.15) is 0 Å². The molecule has 0 unspecified atom stereocenters. The van der Waals surface area contributed by atoms with E-state index >= 15 is 0 Å². The summed E-state index contributed by atoms with van der Waals surface area (Å²) in [7, 11) is 0. The lowest BCUT2D eigenvalue weighted by Crippen LogP contribution is -2.35. The number of benzene rings is 2. The third kappa shape index (κ3) is 4.76. The summed E-state index contributed by atoms with van der Waals surface area (Å²) in [5.74, 6) is -1.11. The van der Waals surface area contributed by atoms with Gasteiger partial charge in [0.1, 0.15) is 0 Å². The number of nitrogens with zero attached hydrogens (tertiary/aromatic N) is 1. The van der Waals surface area contributed by atoms with E-state index in [2.05, 4.69) is 5.32 Å². The van der Waals surface area contributed by atoms with Crippen LogP contribution in [0, 0.1) is 13.8 Å². The van der Waals surface area contributed by atoms with E-state index < -0.39 is 24.0 Å². The van der Waals surface area contributed by atoms with Crippen molar-refractivity contribution in [1.29, 1.82) is 0 Å². The molecule has 0 radical (unpaired) electrons. The molecule has 30 heavy (non-hydrogen) atoms.